The molecule has 1 aliphatic heterocycles. The van der Waals surface area contributed by atoms with E-state index in [9.17, 15) is 15.2 Å². The third kappa shape index (κ3) is 4.61. The summed E-state index contributed by atoms with van der Waals surface area (Å²) in [5.41, 5.74) is -0.390. The minimum absolute atomic E-state index is 0.0772. The third-order valence-electron chi connectivity index (χ3n) is 5.10. The first-order chi connectivity index (χ1) is 15.0. The summed E-state index contributed by atoms with van der Waals surface area (Å²) in [5, 5.41) is 28.2. The number of nitrogens with one attached hydrogen (secondary N) is 1. The van der Waals surface area contributed by atoms with Crippen LogP contribution in [-0.4, -0.2) is 54.0 Å². The fourth-order valence-corrected chi connectivity index (χ4v) is 3.65. The van der Waals surface area contributed by atoms with Crippen LogP contribution in [0.25, 0.3) is 0 Å². The Bertz CT molecular complexity index is 1040. The van der Waals surface area contributed by atoms with Crippen LogP contribution in [0.1, 0.15) is 24.1 Å². The molecule has 9 nitrogen and oxygen atoms in total. The zero-order chi connectivity index (χ0) is 22.4. The number of aliphatic hydroxyl groups is 1. The Balaban J connectivity index is 2.06. The molecule has 1 aromatic heterocycles. The number of rotatable bonds is 8. The van der Waals surface area contributed by atoms with Crippen LogP contribution in [0.3, 0.4) is 0 Å². The van der Waals surface area contributed by atoms with E-state index in [1.807, 2.05) is 19.1 Å². The number of aromatic nitrogens is 2. The second kappa shape index (κ2) is 9.75. The summed E-state index contributed by atoms with van der Waals surface area (Å²) in [6.45, 7) is 2.34. The Morgan fingerprint density at radius 2 is 2.06 bits per heavy atom. The summed E-state index contributed by atoms with van der Waals surface area (Å²) < 4.78 is 18.1. The van der Waals surface area contributed by atoms with Crippen LogP contribution in [-0.2, 0) is 16.0 Å². The van der Waals surface area contributed by atoms with E-state index in [0.717, 1.165) is 0 Å². The molecule has 0 bridgehead atoms. The maximum absolute atomic E-state index is 12.1. The lowest BCUT2D eigenvalue weighted by atomic mass is 9.84. The van der Waals surface area contributed by atoms with Gasteiger partial charge >= 0.3 is 0 Å². The van der Waals surface area contributed by atoms with Crippen LogP contribution >= 0.6 is 0 Å². The molecule has 0 radical (unpaired) electrons. The van der Waals surface area contributed by atoms with Crippen LogP contribution in [0.2, 0.25) is 0 Å². The molecular formula is C22H26N4O5. The molecule has 0 fully saturated rings. The molecule has 2 heterocycles. The fourth-order valence-electron chi connectivity index (χ4n) is 3.65. The molecule has 0 aliphatic carbocycles. The highest BCUT2D eigenvalue weighted by Gasteiger charge is 2.50. The van der Waals surface area contributed by atoms with Crippen molar-refractivity contribution in [2.24, 2.45) is 0 Å². The van der Waals surface area contributed by atoms with Gasteiger partial charge in [0.2, 0.25) is 0 Å². The molecule has 1 aliphatic rings. The highest BCUT2D eigenvalue weighted by Crippen LogP contribution is 2.42. The zero-order valence-electron chi connectivity index (χ0n) is 17.7. The van der Waals surface area contributed by atoms with Crippen molar-refractivity contribution in [3.8, 4) is 11.8 Å². The number of allylic oxidation sites excluding steroid dienone is 2. The Kier molecular flexibility index (Phi) is 7.07. The molecule has 0 spiro atoms. The smallest absolute Gasteiger partial charge is 0.267 e. The number of methoxy groups -OCH3 is 2. The van der Waals surface area contributed by atoms with Gasteiger partial charge in [-0.3, -0.25) is 4.79 Å². The maximum Gasteiger partial charge on any atom is 0.267 e. The fraction of sp³-hybridized carbons (Fsp3) is 0.409. The van der Waals surface area contributed by atoms with Gasteiger partial charge in [-0.2, -0.15) is 10.4 Å². The van der Waals surface area contributed by atoms with Crippen LogP contribution in [0.5, 0.6) is 5.75 Å². The van der Waals surface area contributed by atoms with E-state index < -0.39 is 17.7 Å². The molecular weight excluding hydrogens is 400 g/mol. The van der Waals surface area contributed by atoms with E-state index >= 15 is 0 Å². The van der Waals surface area contributed by atoms with E-state index in [-0.39, 0.29) is 18.8 Å². The first-order valence-corrected chi connectivity index (χ1v) is 9.83. The van der Waals surface area contributed by atoms with Crippen molar-refractivity contribution in [1.29, 1.82) is 5.26 Å². The Morgan fingerprint density at radius 3 is 2.71 bits per heavy atom. The maximum atomic E-state index is 12.1. The number of nitriles is 1. The Morgan fingerprint density at radius 1 is 1.32 bits per heavy atom. The van der Waals surface area contributed by atoms with E-state index in [1.54, 1.807) is 24.3 Å². The van der Waals surface area contributed by atoms with Crippen LogP contribution in [0, 0.1) is 11.3 Å². The minimum Gasteiger partial charge on any atom is -0.479 e. The highest BCUT2D eigenvalue weighted by atomic mass is 16.6. The summed E-state index contributed by atoms with van der Waals surface area (Å²) in [7, 11) is 3.03. The molecule has 0 saturated heterocycles. The van der Waals surface area contributed by atoms with Gasteiger partial charge in [-0.25, -0.2) is 4.68 Å². The van der Waals surface area contributed by atoms with Crippen molar-refractivity contribution >= 4 is 5.82 Å². The van der Waals surface area contributed by atoms with Gasteiger partial charge in [-0.1, -0.05) is 12.2 Å². The van der Waals surface area contributed by atoms with Gasteiger partial charge in [-0.15, -0.1) is 0 Å². The summed E-state index contributed by atoms with van der Waals surface area (Å²) in [6, 6.07) is 9.38. The Labute approximate surface area is 180 Å². The lowest BCUT2D eigenvalue weighted by Gasteiger charge is -2.45. The number of hydrogen-bond acceptors (Lipinski definition) is 8. The van der Waals surface area contributed by atoms with Gasteiger partial charge in [0.1, 0.15) is 17.7 Å². The Hall–Kier alpha value is -3.19. The molecule has 0 saturated carbocycles. The number of fused-ring (bicyclic) bond motifs is 1. The number of ether oxygens (including phenoxy) is 3. The summed E-state index contributed by atoms with van der Waals surface area (Å²) in [6.07, 6.45) is 2.55. The SMILES string of the molecule is C/C=C/Cn1nc(N[C@@H]2c3cc(C#N)ccc3OC(COC)(COC)[C@H]2O)ccc1=O. The number of hydrogen-bond donors (Lipinski definition) is 2. The van der Waals surface area contributed by atoms with E-state index in [4.69, 9.17) is 14.2 Å². The van der Waals surface area contributed by atoms with Crippen molar-refractivity contribution < 1.29 is 19.3 Å². The first-order valence-electron chi connectivity index (χ1n) is 9.83. The van der Waals surface area contributed by atoms with E-state index in [1.165, 1.54) is 25.0 Å². The number of benzene rings is 1. The van der Waals surface area contributed by atoms with Crippen molar-refractivity contribution in [3.05, 3.63) is 64.0 Å². The molecule has 0 amide bonds. The average Bonchev–Trinajstić information content (AvgIpc) is 2.77. The van der Waals surface area contributed by atoms with Crippen molar-refractivity contribution in [1.82, 2.24) is 9.78 Å². The van der Waals surface area contributed by atoms with Crippen LogP contribution < -0.4 is 15.6 Å². The van der Waals surface area contributed by atoms with Crippen molar-refractivity contribution in [3.63, 3.8) is 0 Å². The number of aliphatic hydroxyl groups excluding tert-OH is 1. The normalized spacial score (nSPS) is 19.5. The molecule has 0 unspecified atom stereocenters. The standard InChI is InChI=1S/C22H26N4O5/c1-4-5-10-26-19(27)9-8-18(25-26)24-20-16-11-15(12-23)6-7-17(16)31-22(13-29-2,14-30-3)21(20)28/h4-9,11,20-21,28H,10,13-14H2,1-3H3,(H,24,25)/b5-4+/t20-,21+/m1/s1. The van der Waals surface area contributed by atoms with E-state index in [0.29, 0.717) is 29.2 Å². The topological polar surface area (TPSA) is 119 Å². The predicted molar refractivity (Wildman–Crippen MR) is 114 cm³/mol. The quantitative estimate of drug-likeness (QED) is 0.612. The molecule has 9 heteroatoms. The minimum atomic E-state index is -1.18. The summed E-state index contributed by atoms with van der Waals surface area (Å²) >= 11 is 0. The highest BCUT2D eigenvalue weighted by molar-refractivity contribution is 5.50. The van der Waals surface area contributed by atoms with Crippen LogP contribution in [0.4, 0.5) is 5.82 Å². The van der Waals surface area contributed by atoms with Gasteiger partial charge in [-0.05, 0) is 31.2 Å². The largest absolute Gasteiger partial charge is 0.479 e. The lowest BCUT2D eigenvalue weighted by Crippen LogP contribution is -2.60. The average molecular weight is 426 g/mol. The van der Waals surface area contributed by atoms with Gasteiger partial charge < -0.3 is 24.6 Å². The molecule has 164 valence electrons. The third-order valence-corrected chi connectivity index (χ3v) is 5.10. The first kappa shape index (κ1) is 22.5. The number of nitrogens with zero attached hydrogens (tertiary/aromatic N) is 3. The van der Waals surface area contributed by atoms with Crippen molar-refractivity contribution in [2.45, 2.75) is 31.2 Å². The monoisotopic (exact) mass is 426 g/mol. The molecule has 1 aromatic carbocycles. The second-order valence-electron chi connectivity index (χ2n) is 7.27. The molecule has 31 heavy (non-hydrogen) atoms. The summed E-state index contributed by atoms with van der Waals surface area (Å²) in [4.78, 5) is 12.1. The molecule has 2 aromatic rings. The van der Waals surface area contributed by atoms with E-state index in [2.05, 4.69) is 16.5 Å². The molecule has 2 N–H and O–H groups in total. The summed E-state index contributed by atoms with van der Waals surface area (Å²) in [5.74, 6) is 0.894. The molecule has 2 atom stereocenters. The van der Waals surface area contributed by atoms with Gasteiger partial charge in [0.15, 0.2) is 5.60 Å². The van der Waals surface area contributed by atoms with Crippen molar-refractivity contribution in [2.75, 3.05) is 32.8 Å². The molecule has 3 rings (SSSR count). The zero-order valence-corrected chi connectivity index (χ0v) is 17.7. The number of anilines is 1. The predicted octanol–water partition coefficient (Wildman–Crippen LogP) is 1.63. The van der Waals surface area contributed by atoms with Gasteiger partial charge in [0, 0.05) is 25.8 Å². The van der Waals surface area contributed by atoms with Gasteiger partial charge in [0.25, 0.3) is 5.56 Å². The van der Waals surface area contributed by atoms with Crippen LogP contribution in [0.15, 0.2) is 47.3 Å². The lowest BCUT2D eigenvalue weighted by molar-refractivity contribution is -0.142. The second-order valence-corrected chi connectivity index (χ2v) is 7.27. The van der Waals surface area contributed by atoms with Gasteiger partial charge in [0.05, 0.1) is 37.4 Å².